The maximum Gasteiger partial charge on any atom is 0.344 e. The number of hydrogen-bond acceptors (Lipinski definition) is 5. The first-order valence-electron chi connectivity index (χ1n) is 8.73. The first-order valence-corrected chi connectivity index (χ1v) is 8.73. The van der Waals surface area contributed by atoms with Crippen LogP contribution in [0.1, 0.15) is 30.9 Å². The van der Waals surface area contributed by atoms with Crippen LogP contribution < -0.4 is 14.8 Å². The molecule has 2 rings (SSSR count). The first kappa shape index (κ1) is 20.3. The van der Waals surface area contributed by atoms with Crippen LogP contribution in [0.5, 0.6) is 11.5 Å². The Morgan fingerprint density at radius 2 is 1.70 bits per heavy atom. The van der Waals surface area contributed by atoms with Crippen LogP contribution in [-0.4, -0.2) is 32.2 Å². The van der Waals surface area contributed by atoms with Crippen molar-refractivity contribution >= 4 is 17.6 Å². The van der Waals surface area contributed by atoms with Gasteiger partial charge in [-0.3, -0.25) is 4.79 Å². The van der Waals surface area contributed by atoms with E-state index in [1.54, 1.807) is 24.3 Å². The maximum atomic E-state index is 12.2. The molecule has 0 bridgehead atoms. The minimum atomic E-state index is -0.634. The van der Waals surface area contributed by atoms with E-state index in [9.17, 15) is 9.59 Å². The summed E-state index contributed by atoms with van der Waals surface area (Å²) in [5.41, 5.74) is 2.76. The molecule has 1 amide bonds. The van der Waals surface area contributed by atoms with Crippen LogP contribution in [-0.2, 0) is 14.3 Å². The van der Waals surface area contributed by atoms with Gasteiger partial charge in [0.25, 0.3) is 5.91 Å². The predicted octanol–water partition coefficient (Wildman–Crippen LogP) is 3.69. The Morgan fingerprint density at radius 3 is 2.37 bits per heavy atom. The summed E-state index contributed by atoms with van der Waals surface area (Å²) in [6.07, 6.45) is 0. The molecule has 6 heteroatoms. The molecule has 0 spiro atoms. The lowest BCUT2D eigenvalue weighted by Gasteiger charge is -2.16. The highest BCUT2D eigenvalue weighted by molar-refractivity contribution is 5.94. The third-order valence-corrected chi connectivity index (χ3v) is 3.97. The summed E-state index contributed by atoms with van der Waals surface area (Å²) in [4.78, 5) is 24.0. The van der Waals surface area contributed by atoms with Gasteiger partial charge in [0, 0.05) is 5.69 Å². The van der Waals surface area contributed by atoms with Crippen molar-refractivity contribution < 1.29 is 23.8 Å². The number of esters is 1. The van der Waals surface area contributed by atoms with E-state index in [0.717, 1.165) is 16.8 Å². The summed E-state index contributed by atoms with van der Waals surface area (Å²) in [5.74, 6) is 0.186. The number of ether oxygens (including phenoxy) is 3. The van der Waals surface area contributed by atoms with Gasteiger partial charge in [0.2, 0.25) is 0 Å². The predicted molar refractivity (Wildman–Crippen MR) is 103 cm³/mol. The van der Waals surface area contributed by atoms with E-state index in [2.05, 4.69) is 19.2 Å². The Labute approximate surface area is 159 Å². The zero-order chi connectivity index (χ0) is 19.8. The second kappa shape index (κ2) is 9.62. The largest absolute Gasteiger partial charge is 0.493 e. The number of benzene rings is 2. The lowest BCUT2D eigenvalue weighted by molar-refractivity contribution is -0.149. The van der Waals surface area contributed by atoms with Crippen LogP contribution in [0.2, 0.25) is 0 Å². The third-order valence-electron chi connectivity index (χ3n) is 3.97. The third kappa shape index (κ3) is 5.74. The van der Waals surface area contributed by atoms with E-state index in [-0.39, 0.29) is 19.1 Å². The number of carbonyl (C=O) groups excluding carboxylic acids is 2. The molecule has 0 fully saturated rings. The molecule has 6 nitrogen and oxygen atoms in total. The van der Waals surface area contributed by atoms with Crippen molar-refractivity contribution in [3.8, 4) is 11.5 Å². The molecule has 0 saturated carbocycles. The second-order valence-corrected chi connectivity index (χ2v) is 6.34. The van der Waals surface area contributed by atoms with Crippen molar-refractivity contribution in [2.24, 2.45) is 0 Å². The Hall–Kier alpha value is -3.02. The van der Waals surface area contributed by atoms with Crippen molar-refractivity contribution in [2.45, 2.75) is 26.7 Å². The minimum Gasteiger partial charge on any atom is -0.493 e. The number of nitrogens with one attached hydrogen (secondary N) is 1. The van der Waals surface area contributed by atoms with Crippen LogP contribution >= 0.6 is 0 Å². The Balaban J connectivity index is 1.86. The molecule has 0 aliphatic heterocycles. The number of hydrogen-bond donors (Lipinski definition) is 1. The molecule has 0 heterocycles. The van der Waals surface area contributed by atoms with Gasteiger partial charge < -0.3 is 19.5 Å². The van der Waals surface area contributed by atoms with E-state index in [0.29, 0.717) is 11.5 Å². The quantitative estimate of drug-likeness (QED) is 0.717. The van der Waals surface area contributed by atoms with Crippen molar-refractivity contribution in [3.63, 3.8) is 0 Å². The normalized spacial score (nSPS) is 10.4. The molecule has 0 atom stereocenters. The van der Waals surface area contributed by atoms with Crippen LogP contribution in [0.25, 0.3) is 0 Å². The summed E-state index contributed by atoms with van der Waals surface area (Å²) >= 11 is 0. The van der Waals surface area contributed by atoms with Crippen molar-refractivity contribution in [1.82, 2.24) is 0 Å². The van der Waals surface area contributed by atoms with E-state index >= 15 is 0 Å². The fourth-order valence-corrected chi connectivity index (χ4v) is 2.58. The molecular weight excluding hydrogens is 346 g/mol. The van der Waals surface area contributed by atoms with Gasteiger partial charge in [-0.05, 0) is 36.1 Å². The summed E-state index contributed by atoms with van der Waals surface area (Å²) in [6.45, 7) is 5.35. The molecule has 144 valence electrons. The van der Waals surface area contributed by atoms with Crippen LogP contribution in [0, 0.1) is 6.92 Å². The lowest BCUT2D eigenvalue weighted by Crippen LogP contribution is -2.24. The number of aryl methyl sites for hydroxylation is 1. The monoisotopic (exact) mass is 371 g/mol. The highest BCUT2D eigenvalue weighted by Crippen LogP contribution is 2.27. The van der Waals surface area contributed by atoms with Gasteiger partial charge in [0.1, 0.15) is 0 Å². The number of anilines is 1. The topological polar surface area (TPSA) is 73.9 Å². The number of rotatable bonds is 8. The van der Waals surface area contributed by atoms with Gasteiger partial charge in [-0.1, -0.05) is 44.2 Å². The number of carbonyl (C=O) groups is 2. The van der Waals surface area contributed by atoms with Crippen molar-refractivity contribution in [3.05, 3.63) is 53.6 Å². The summed E-state index contributed by atoms with van der Waals surface area (Å²) in [5, 5.41) is 2.83. The molecule has 1 N–H and O–H groups in total. The smallest absolute Gasteiger partial charge is 0.344 e. The number of amides is 1. The molecule has 27 heavy (non-hydrogen) atoms. The van der Waals surface area contributed by atoms with E-state index in [1.165, 1.54) is 7.11 Å². The number of para-hydroxylation sites is 3. The van der Waals surface area contributed by atoms with E-state index in [4.69, 9.17) is 14.2 Å². The van der Waals surface area contributed by atoms with Gasteiger partial charge in [0.15, 0.2) is 24.7 Å². The van der Waals surface area contributed by atoms with Crippen LogP contribution in [0.15, 0.2) is 42.5 Å². The SMILES string of the molecule is COc1ccccc1OCC(=O)OCC(=O)Nc1c(C)cccc1C(C)C. The Bertz CT molecular complexity index is 801. The molecular formula is C21H25NO5. The number of methoxy groups -OCH3 is 1. The molecule has 0 aromatic heterocycles. The summed E-state index contributed by atoms with van der Waals surface area (Å²) < 4.78 is 15.5. The molecule has 0 aliphatic carbocycles. The first-order chi connectivity index (χ1) is 12.9. The van der Waals surface area contributed by atoms with Gasteiger partial charge in [-0.25, -0.2) is 4.79 Å². The van der Waals surface area contributed by atoms with Gasteiger partial charge in [0.05, 0.1) is 7.11 Å². The highest BCUT2D eigenvalue weighted by atomic mass is 16.6. The van der Waals surface area contributed by atoms with Crippen LogP contribution in [0.4, 0.5) is 5.69 Å². The summed E-state index contributed by atoms with van der Waals surface area (Å²) in [6, 6.07) is 12.8. The Morgan fingerprint density at radius 1 is 1.00 bits per heavy atom. The molecule has 0 aliphatic rings. The van der Waals surface area contributed by atoms with Gasteiger partial charge >= 0.3 is 5.97 Å². The Kier molecular flexibility index (Phi) is 7.23. The molecule has 0 unspecified atom stereocenters. The van der Waals surface area contributed by atoms with E-state index in [1.807, 2.05) is 25.1 Å². The molecule has 2 aromatic carbocycles. The zero-order valence-electron chi connectivity index (χ0n) is 16.1. The fourth-order valence-electron chi connectivity index (χ4n) is 2.58. The zero-order valence-corrected chi connectivity index (χ0v) is 16.1. The molecule has 0 saturated heterocycles. The highest BCUT2D eigenvalue weighted by Gasteiger charge is 2.14. The standard InChI is InChI=1S/C21H25NO5/c1-14(2)16-9-7-8-15(3)21(16)22-19(23)12-27-20(24)13-26-18-11-6-5-10-17(18)25-4/h5-11,14H,12-13H2,1-4H3,(H,22,23). The fraction of sp³-hybridized carbons (Fsp3) is 0.333. The van der Waals surface area contributed by atoms with E-state index < -0.39 is 11.9 Å². The van der Waals surface area contributed by atoms with Crippen molar-refractivity contribution in [1.29, 1.82) is 0 Å². The lowest BCUT2D eigenvalue weighted by atomic mass is 9.98. The molecule has 0 radical (unpaired) electrons. The van der Waals surface area contributed by atoms with Crippen LogP contribution in [0.3, 0.4) is 0 Å². The average molecular weight is 371 g/mol. The van der Waals surface area contributed by atoms with Gasteiger partial charge in [-0.15, -0.1) is 0 Å². The molecule has 2 aromatic rings. The van der Waals surface area contributed by atoms with Crippen molar-refractivity contribution in [2.75, 3.05) is 25.6 Å². The maximum absolute atomic E-state index is 12.2. The summed E-state index contributed by atoms with van der Waals surface area (Å²) in [7, 11) is 1.52. The average Bonchev–Trinajstić information content (AvgIpc) is 2.66. The second-order valence-electron chi connectivity index (χ2n) is 6.34. The van der Waals surface area contributed by atoms with Gasteiger partial charge in [-0.2, -0.15) is 0 Å². The minimum absolute atomic E-state index is 0.261.